The molecule has 1 aliphatic rings. The Morgan fingerprint density at radius 1 is 1.47 bits per heavy atom. The van der Waals surface area contributed by atoms with E-state index in [-0.39, 0.29) is 18.7 Å². The number of aliphatic hydroxyl groups is 1. The maximum Gasteiger partial charge on any atom is 0.0587 e. The first-order valence-corrected chi connectivity index (χ1v) is 7.35. The summed E-state index contributed by atoms with van der Waals surface area (Å²) < 4.78 is 0. The molecule has 2 rings (SSSR count). The standard InChI is InChI=1S/C13H22N2OS/c14-9-12(13-6-4-8-17-13)15-7-3-1-2-5-11(15)10-16/h4,6,8,11-12,16H,1-3,5,7,9-10,14H2. The van der Waals surface area contributed by atoms with Crippen LogP contribution in [0.5, 0.6) is 0 Å². The largest absolute Gasteiger partial charge is 0.395 e. The predicted octanol–water partition coefficient (Wildman–Crippen LogP) is 1.98. The van der Waals surface area contributed by atoms with Crippen molar-refractivity contribution in [2.24, 2.45) is 5.73 Å². The molecular weight excluding hydrogens is 232 g/mol. The monoisotopic (exact) mass is 254 g/mol. The zero-order valence-electron chi connectivity index (χ0n) is 10.2. The molecule has 4 heteroatoms. The number of nitrogens with two attached hydrogens (primary N) is 1. The number of aliphatic hydroxyl groups excluding tert-OH is 1. The molecule has 1 aromatic rings. The van der Waals surface area contributed by atoms with Gasteiger partial charge in [0.15, 0.2) is 0 Å². The predicted molar refractivity (Wildman–Crippen MR) is 72.2 cm³/mol. The highest BCUT2D eigenvalue weighted by molar-refractivity contribution is 7.10. The van der Waals surface area contributed by atoms with Crippen LogP contribution in [0.1, 0.15) is 36.6 Å². The number of nitrogens with zero attached hydrogens (tertiary/aromatic N) is 1. The van der Waals surface area contributed by atoms with Crippen LogP contribution in [0.2, 0.25) is 0 Å². The van der Waals surface area contributed by atoms with Crippen LogP contribution in [0.25, 0.3) is 0 Å². The summed E-state index contributed by atoms with van der Waals surface area (Å²) in [4.78, 5) is 3.74. The smallest absolute Gasteiger partial charge is 0.0587 e. The van der Waals surface area contributed by atoms with Crippen molar-refractivity contribution >= 4 is 11.3 Å². The summed E-state index contributed by atoms with van der Waals surface area (Å²) in [6.45, 7) is 1.95. The lowest BCUT2D eigenvalue weighted by Crippen LogP contribution is -2.42. The van der Waals surface area contributed by atoms with Crippen LogP contribution < -0.4 is 5.73 Å². The van der Waals surface area contributed by atoms with Crippen molar-refractivity contribution in [1.82, 2.24) is 4.90 Å². The first-order valence-electron chi connectivity index (χ1n) is 6.47. The van der Waals surface area contributed by atoms with Gasteiger partial charge in [0.2, 0.25) is 0 Å². The Bertz CT molecular complexity index is 315. The maximum atomic E-state index is 9.55. The fourth-order valence-electron chi connectivity index (χ4n) is 2.70. The first kappa shape index (κ1) is 13.0. The molecule has 1 aliphatic heterocycles. The van der Waals surface area contributed by atoms with Gasteiger partial charge in [-0.1, -0.05) is 18.9 Å². The third kappa shape index (κ3) is 3.07. The SMILES string of the molecule is NCC(c1cccs1)N1CCCCCC1CO. The van der Waals surface area contributed by atoms with Crippen molar-refractivity contribution in [1.29, 1.82) is 0 Å². The highest BCUT2D eigenvalue weighted by Crippen LogP contribution is 2.29. The Hall–Kier alpha value is -0.420. The number of hydrogen-bond acceptors (Lipinski definition) is 4. The lowest BCUT2D eigenvalue weighted by molar-refractivity contribution is 0.0884. The van der Waals surface area contributed by atoms with Crippen molar-refractivity contribution in [3.63, 3.8) is 0 Å². The minimum Gasteiger partial charge on any atom is -0.395 e. The van der Waals surface area contributed by atoms with Gasteiger partial charge >= 0.3 is 0 Å². The van der Waals surface area contributed by atoms with Crippen LogP contribution >= 0.6 is 11.3 Å². The maximum absolute atomic E-state index is 9.55. The second-order valence-corrected chi connectivity index (χ2v) is 5.67. The van der Waals surface area contributed by atoms with Gasteiger partial charge in [0.1, 0.15) is 0 Å². The third-order valence-corrected chi connectivity index (χ3v) is 4.60. The molecule has 0 spiro atoms. The van der Waals surface area contributed by atoms with Gasteiger partial charge < -0.3 is 10.8 Å². The van der Waals surface area contributed by atoms with E-state index in [0.29, 0.717) is 6.54 Å². The lowest BCUT2D eigenvalue weighted by Gasteiger charge is -2.35. The highest BCUT2D eigenvalue weighted by atomic mass is 32.1. The molecule has 0 radical (unpaired) electrons. The number of rotatable bonds is 4. The minimum atomic E-state index is 0.252. The Balaban J connectivity index is 2.15. The van der Waals surface area contributed by atoms with E-state index < -0.39 is 0 Å². The molecule has 0 aromatic carbocycles. The van der Waals surface area contributed by atoms with Crippen LogP contribution in [0.15, 0.2) is 17.5 Å². The first-order chi connectivity index (χ1) is 8.36. The quantitative estimate of drug-likeness (QED) is 0.864. The second kappa shape index (κ2) is 6.50. The van der Waals surface area contributed by atoms with Gasteiger partial charge in [-0.05, 0) is 30.8 Å². The van der Waals surface area contributed by atoms with E-state index >= 15 is 0 Å². The summed E-state index contributed by atoms with van der Waals surface area (Å²) in [7, 11) is 0. The third-order valence-electron chi connectivity index (χ3n) is 3.63. The molecule has 17 heavy (non-hydrogen) atoms. The number of likely N-dealkylation sites (tertiary alicyclic amines) is 1. The zero-order valence-corrected chi connectivity index (χ0v) is 11.0. The molecule has 2 unspecified atom stereocenters. The summed E-state index contributed by atoms with van der Waals surface area (Å²) in [5, 5.41) is 11.7. The Labute approximate surface area is 107 Å². The fraction of sp³-hybridized carbons (Fsp3) is 0.692. The van der Waals surface area contributed by atoms with E-state index in [1.807, 2.05) is 0 Å². The Morgan fingerprint density at radius 2 is 2.35 bits per heavy atom. The van der Waals surface area contributed by atoms with Crippen molar-refractivity contribution in [2.75, 3.05) is 19.7 Å². The summed E-state index contributed by atoms with van der Waals surface area (Å²) >= 11 is 1.77. The van der Waals surface area contributed by atoms with E-state index in [1.165, 1.54) is 24.1 Å². The van der Waals surface area contributed by atoms with E-state index in [4.69, 9.17) is 5.73 Å². The van der Waals surface area contributed by atoms with Crippen molar-refractivity contribution in [3.05, 3.63) is 22.4 Å². The van der Waals surface area contributed by atoms with E-state index in [1.54, 1.807) is 11.3 Å². The molecule has 0 aliphatic carbocycles. The van der Waals surface area contributed by atoms with E-state index in [2.05, 4.69) is 22.4 Å². The molecule has 1 saturated heterocycles. The molecule has 0 saturated carbocycles. The molecular formula is C13H22N2OS. The van der Waals surface area contributed by atoms with Crippen LogP contribution in [-0.2, 0) is 0 Å². The van der Waals surface area contributed by atoms with Gasteiger partial charge in [-0.25, -0.2) is 0 Å². The van der Waals surface area contributed by atoms with Crippen molar-refractivity contribution in [3.8, 4) is 0 Å². The van der Waals surface area contributed by atoms with Crippen LogP contribution in [0.3, 0.4) is 0 Å². The molecule has 1 fully saturated rings. The summed E-state index contributed by atoms with van der Waals surface area (Å²) in [5.41, 5.74) is 5.95. The number of thiophene rings is 1. The molecule has 3 nitrogen and oxygen atoms in total. The molecule has 96 valence electrons. The normalized spacial score (nSPS) is 24.5. The zero-order chi connectivity index (χ0) is 12.1. The van der Waals surface area contributed by atoms with Gasteiger partial charge in [0.25, 0.3) is 0 Å². The molecule has 2 heterocycles. The molecule has 0 amide bonds. The van der Waals surface area contributed by atoms with E-state index in [9.17, 15) is 5.11 Å². The highest BCUT2D eigenvalue weighted by Gasteiger charge is 2.27. The molecule has 2 atom stereocenters. The molecule has 1 aromatic heterocycles. The Morgan fingerprint density at radius 3 is 3.00 bits per heavy atom. The van der Waals surface area contributed by atoms with Gasteiger partial charge in [-0.15, -0.1) is 11.3 Å². The minimum absolute atomic E-state index is 0.252. The van der Waals surface area contributed by atoms with Crippen LogP contribution in [0, 0.1) is 0 Å². The average Bonchev–Trinajstić information content (AvgIpc) is 2.76. The van der Waals surface area contributed by atoms with Crippen LogP contribution in [-0.4, -0.2) is 35.7 Å². The topological polar surface area (TPSA) is 49.5 Å². The molecule has 0 bridgehead atoms. The lowest BCUT2D eigenvalue weighted by atomic mass is 10.1. The van der Waals surface area contributed by atoms with Crippen molar-refractivity contribution in [2.45, 2.75) is 37.8 Å². The Kier molecular flexibility index (Phi) is 4.98. The van der Waals surface area contributed by atoms with Gasteiger partial charge in [-0.3, -0.25) is 4.90 Å². The van der Waals surface area contributed by atoms with Crippen LogP contribution in [0.4, 0.5) is 0 Å². The van der Waals surface area contributed by atoms with Gasteiger partial charge in [0.05, 0.1) is 12.6 Å². The van der Waals surface area contributed by atoms with Gasteiger partial charge in [-0.2, -0.15) is 0 Å². The molecule has 3 N–H and O–H groups in total. The fourth-order valence-corrected chi connectivity index (χ4v) is 3.56. The van der Waals surface area contributed by atoms with Gasteiger partial charge in [0, 0.05) is 17.5 Å². The van der Waals surface area contributed by atoms with Crippen molar-refractivity contribution < 1.29 is 5.11 Å². The number of hydrogen-bond donors (Lipinski definition) is 2. The summed E-state index contributed by atoms with van der Waals surface area (Å²) in [6, 6.07) is 4.80. The average molecular weight is 254 g/mol. The summed E-state index contributed by atoms with van der Waals surface area (Å²) in [6.07, 6.45) is 4.81. The van der Waals surface area contributed by atoms with E-state index in [0.717, 1.165) is 13.0 Å². The second-order valence-electron chi connectivity index (χ2n) is 4.69. The summed E-state index contributed by atoms with van der Waals surface area (Å²) in [5.74, 6) is 0.